The molecule has 4 aromatic carbocycles. The van der Waals surface area contributed by atoms with E-state index in [0.717, 1.165) is 16.7 Å². The van der Waals surface area contributed by atoms with Gasteiger partial charge in [-0.15, -0.1) is 0 Å². The van der Waals surface area contributed by atoms with Gasteiger partial charge in [-0.05, 0) is 35.2 Å². The third-order valence-corrected chi connectivity index (χ3v) is 7.57. The number of amides is 1. The largest absolute Gasteiger partial charge is 0.480 e. The van der Waals surface area contributed by atoms with Crippen LogP contribution in [0.2, 0.25) is 0 Å². The standard InChI is InChI=1S/C30H27NO4S/c32-28(33)27(21-22-36(35)26-19-11-4-12-20-26)31-29(34)30(23-13-5-1-6-14-23,24-15-7-2-8-16-24)25-17-9-3-10-18-25/h1-20,27H,21-22H2,(H,31,34)(H,32,33)/t27-,36+/m1/s1. The Kier molecular flexibility index (Phi) is 8.08. The van der Waals surface area contributed by atoms with Crippen molar-refractivity contribution < 1.29 is 18.9 Å². The van der Waals surface area contributed by atoms with Gasteiger partial charge < -0.3 is 10.4 Å². The predicted molar refractivity (Wildman–Crippen MR) is 141 cm³/mol. The lowest BCUT2D eigenvalue weighted by molar-refractivity contribution is -0.142. The Morgan fingerprint density at radius 3 is 1.47 bits per heavy atom. The summed E-state index contributed by atoms with van der Waals surface area (Å²) in [6.07, 6.45) is 0.0248. The van der Waals surface area contributed by atoms with Crippen LogP contribution in [-0.2, 0) is 25.8 Å². The van der Waals surface area contributed by atoms with Crippen LogP contribution in [0.1, 0.15) is 23.1 Å². The molecule has 0 aliphatic heterocycles. The number of carboxylic acid groups (broad SMARTS) is 1. The second-order valence-corrected chi connectivity index (χ2v) is 9.93. The number of aliphatic carboxylic acids is 1. The van der Waals surface area contributed by atoms with Gasteiger partial charge in [0.2, 0.25) is 5.91 Å². The lowest BCUT2D eigenvalue weighted by Crippen LogP contribution is -2.52. The molecule has 1 amide bonds. The van der Waals surface area contributed by atoms with Gasteiger partial charge in [-0.25, -0.2) is 4.79 Å². The molecule has 0 saturated carbocycles. The number of carbonyl (C=O) groups is 2. The highest BCUT2D eigenvalue weighted by atomic mass is 32.2. The quantitative estimate of drug-likeness (QED) is 0.309. The van der Waals surface area contributed by atoms with Crippen molar-refractivity contribution in [2.24, 2.45) is 0 Å². The van der Waals surface area contributed by atoms with Crippen molar-refractivity contribution in [3.05, 3.63) is 138 Å². The van der Waals surface area contributed by atoms with Crippen LogP contribution >= 0.6 is 0 Å². The van der Waals surface area contributed by atoms with Gasteiger partial charge in [-0.1, -0.05) is 109 Å². The highest BCUT2D eigenvalue weighted by molar-refractivity contribution is 7.85. The highest BCUT2D eigenvalue weighted by Gasteiger charge is 2.45. The topological polar surface area (TPSA) is 83.5 Å². The van der Waals surface area contributed by atoms with Crippen molar-refractivity contribution in [2.45, 2.75) is 22.8 Å². The minimum absolute atomic E-state index is 0.0248. The molecule has 0 bridgehead atoms. The van der Waals surface area contributed by atoms with Crippen molar-refractivity contribution in [1.82, 2.24) is 5.32 Å². The number of carboxylic acids is 1. The van der Waals surface area contributed by atoms with Crippen molar-refractivity contribution in [3.8, 4) is 0 Å². The molecule has 0 heterocycles. The van der Waals surface area contributed by atoms with E-state index in [9.17, 15) is 18.9 Å². The van der Waals surface area contributed by atoms with E-state index in [1.807, 2.05) is 97.1 Å². The third-order valence-electron chi connectivity index (χ3n) is 6.16. The van der Waals surface area contributed by atoms with Gasteiger partial charge >= 0.3 is 5.97 Å². The number of carbonyl (C=O) groups excluding carboxylic acids is 1. The van der Waals surface area contributed by atoms with Crippen LogP contribution in [0.4, 0.5) is 0 Å². The molecule has 0 fully saturated rings. The Bertz CT molecular complexity index is 1220. The van der Waals surface area contributed by atoms with Crippen LogP contribution in [0, 0.1) is 0 Å². The summed E-state index contributed by atoms with van der Waals surface area (Å²) in [5.74, 6) is -1.52. The molecule has 0 spiro atoms. The zero-order chi connectivity index (χ0) is 25.4. The van der Waals surface area contributed by atoms with Crippen LogP contribution in [0.25, 0.3) is 0 Å². The van der Waals surface area contributed by atoms with Crippen LogP contribution in [-0.4, -0.2) is 33.0 Å². The highest BCUT2D eigenvalue weighted by Crippen LogP contribution is 2.39. The molecule has 0 aliphatic carbocycles. The van der Waals surface area contributed by atoms with Gasteiger partial charge in [0, 0.05) is 10.6 Å². The summed E-state index contributed by atoms with van der Waals surface area (Å²) in [4.78, 5) is 27.1. The molecule has 4 aromatic rings. The van der Waals surface area contributed by atoms with Crippen LogP contribution in [0.15, 0.2) is 126 Å². The maximum absolute atomic E-state index is 14.2. The van der Waals surface area contributed by atoms with Crippen LogP contribution < -0.4 is 5.32 Å². The van der Waals surface area contributed by atoms with Crippen LogP contribution in [0.5, 0.6) is 0 Å². The normalized spacial score (nSPS) is 12.9. The lowest BCUT2D eigenvalue weighted by Gasteiger charge is -2.35. The van der Waals surface area contributed by atoms with Crippen molar-refractivity contribution in [3.63, 3.8) is 0 Å². The number of nitrogens with one attached hydrogen (secondary N) is 1. The van der Waals surface area contributed by atoms with E-state index in [-0.39, 0.29) is 12.2 Å². The second-order valence-electron chi connectivity index (χ2n) is 8.36. The SMILES string of the molecule is O=C(O)[C@@H](CC[S@](=O)c1ccccc1)NC(=O)C(c1ccccc1)(c1ccccc1)c1ccccc1. The smallest absolute Gasteiger partial charge is 0.326 e. The van der Waals surface area contributed by atoms with Gasteiger partial charge in [0.15, 0.2) is 0 Å². The summed E-state index contributed by atoms with van der Waals surface area (Å²) in [5, 5.41) is 12.8. The molecular formula is C30H27NO4S. The molecule has 5 nitrogen and oxygen atoms in total. The van der Waals surface area contributed by atoms with E-state index in [1.165, 1.54) is 0 Å². The predicted octanol–water partition coefficient (Wildman–Crippen LogP) is 4.79. The maximum Gasteiger partial charge on any atom is 0.326 e. The molecule has 0 saturated heterocycles. The molecule has 2 atom stereocenters. The average Bonchev–Trinajstić information content (AvgIpc) is 2.93. The zero-order valence-electron chi connectivity index (χ0n) is 19.6. The molecule has 6 heteroatoms. The molecular weight excluding hydrogens is 470 g/mol. The summed E-state index contributed by atoms with van der Waals surface area (Å²) in [5.41, 5.74) is 0.876. The number of rotatable bonds is 10. The summed E-state index contributed by atoms with van der Waals surface area (Å²) in [6, 6.07) is 35.7. The first-order chi connectivity index (χ1) is 17.5. The Labute approximate surface area is 213 Å². The monoisotopic (exact) mass is 497 g/mol. The van der Waals surface area contributed by atoms with Crippen molar-refractivity contribution in [2.75, 3.05) is 5.75 Å². The van der Waals surface area contributed by atoms with E-state index in [2.05, 4.69) is 5.32 Å². The molecule has 4 rings (SSSR count). The van der Waals surface area contributed by atoms with E-state index in [4.69, 9.17) is 0 Å². The fourth-order valence-electron chi connectivity index (χ4n) is 4.40. The van der Waals surface area contributed by atoms with Crippen molar-refractivity contribution >= 4 is 22.7 Å². The molecule has 0 unspecified atom stereocenters. The van der Waals surface area contributed by atoms with Gasteiger partial charge in [0.25, 0.3) is 0 Å². The third kappa shape index (κ3) is 5.29. The minimum Gasteiger partial charge on any atom is -0.480 e. The zero-order valence-corrected chi connectivity index (χ0v) is 20.4. The van der Waals surface area contributed by atoms with E-state index < -0.39 is 34.1 Å². The van der Waals surface area contributed by atoms with E-state index in [1.54, 1.807) is 24.3 Å². The van der Waals surface area contributed by atoms with E-state index >= 15 is 0 Å². The fourth-order valence-corrected chi connectivity index (χ4v) is 5.54. The summed E-state index contributed by atoms with van der Waals surface area (Å²) in [7, 11) is -1.38. The number of hydrogen-bond acceptors (Lipinski definition) is 3. The summed E-state index contributed by atoms with van der Waals surface area (Å²) >= 11 is 0. The van der Waals surface area contributed by atoms with Crippen LogP contribution in [0.3, 0.4) is 0 Å². The van der Waals surface area contributed by atoms with E-state index in [0.29, 0.717) is 4.90 Å². The average molecular weight is 498 g/mol. The Balaban J connectivity index is 1.73. The number of benzene rings is 4. The molecule has 0 aromatic heterocycles. The summed E-state index contributed by atoms with van der Waals surface area (Å²) in [6.45, 7) is 0. The fraction of sp³-hybridized carbons (Fsp3) is 0.133. The first-order valence-corrected chi connectivity index (χ1v) is 13.0. The van der Waals surface area contributed by atoms with Gasteiger partial charge in [-0.2, -0.15) is 0 Å². The Morgan fingerprint density at radius 1 is 0.694 bits per heavy atom. The molecule has 0 radical (unpaired) electrons. The minimum atomic E-state index is -1.38. The Hall–Kier alpha value is -4.03. The summed E-state index contributed by atoms with van der Waals surface area (Å²) < 4.78 is 12.7. The molecule has 182 valence electrons. The number of hydrogen-bond donors (Lipinski definition) is 2. The van der Waals surface area contributed by atoms with Gasteiger partial charge in [0.1, 0.15) is 11.5 Å². The second kappa shape index (κ2) is 11.6. The Morgan fingerprint density at radius 2 is 1.08 bits per heavy atom. The first kappa shape index (κ1) is 25.1. The maximum atomic E-state index is 14.2. The molecule has 2 N–H and O–H groups in total. The van der Waals surface area contributed by atoms with Gasteiger partial charge in [-0.3, -0.25) is 9.00 Å². The van der Waals surface area contributed by atoms with Crippen molar-refractivity contribution in [1.29, 1.82) is 0 Å². The molecule has 0 aliphatic rings. The van der Waals surface area contributed by atoms with Gasteiger partial charge in [0.05, 0.1) is 10.8 Å². The molecule has 36 heavy (non-hydrogen) atoms. The first-order valence-electron chi connectivity index (χ1n) is 11.7. The lowest BCUT2D eigenvalue weighted by atomic mass is 9.68.